The Morgan fingerprint density at radius 1 is 1.38 bits per heavy atom. The number of nitrogens with zero attached hydrogens (tertiary/aromatic N) is 1. The number of carboxylic acids is 1. The van der Waals surface area contributed by atoms with Crippen LogP contribution in [0.15, 0.2) is 18.2 Å². The molecule has 5 nitrogen and oxygen atoms in total. The number of halogens is 2. The molecule has 1 unspecified atom stereocenters. The van der Waals surface area contributed by atoms with E-state index in [1.54, 1.807) is 19.1 Å². The van der Waals surface area contributed by atoms with Gasteiger partial charge in [0.25, 0.3) is 0 Å². The van der Waals surface area contributed by atoms with Gasteiger partial charge < -0.3 is 15.3 Å². The number of carbonyl (C=O) groups excluding carboxylic acids is 1. The van der Waals surface area contributed by atoms with Crippen LogP contribution in [0.4, 0.5) is 10.5 Å². The Morgan fingerprint density at radius 3 is 2.71 bits per heavy atom. The maximum Gasteiger partial charge on any atom is 0.321 e. The van der Waals surface area contributed by atoms with Gasteiger partial charge in [-0.3, -0.25) is 4.79 Å². The highest BCUT2D eigenvalue weighted by Crippen LogP contribution is 2.31. The topological polar surface area (TPSA) is 69.6 Å². The Labute approximate surface area is 132 Å². The second-order valence-electron chi connectivity index (χ2n) is 5.45. The van der Waals surface area contributed by atoms with Gasteiger partial charge in [0.05, 0.1) is 16.1 Å². The maximum absolute atomic E-state index is 12.2. The Kier molecular flexibility index (Phi) is 4.64. The maximum atomic E-state index is 12.2. The smallest absolute Gasteiger partial charge is 0.321 e. The van der Waals surface area contributed by atoms with Crippen LogP contribution in [0.5, 0.6) is 0 Å². The lowest BCUT2D eigenvalue weighted by Crippen LogP contribution is -2.49. The lowest BCUT2D eigenvalue weighted by molar-refractivity contribution is -0.150. The number of aliphatic carboxylic acids is 1. The second-order valence-corrected chi connectivity index (χ2v) is 6.29. The summed E-state index contributed by atoms with van der Waals surface area (Å²) in [6, 6.07) is 4.42. The van der Waals surface area contributed by atoms with Gasteiger partial charge in [0.2, 0.25) is 0 Å². The number of carbonyl (C=O) groups is 2. The third kappa shape index (κ3) is 3.60. The molecule has 0 aromatic heterocycles. The molecular formula is C14H16Cl2N2O3. The van der Waals surface area contributed by atoms with Crippen molar-refractivity contribution in [2.24, 2.45) is 5.41 Å². The molecule has 1 saturated heterocycles. The van der Waals surface area contributed by atoms with Crippen molar-refractivity contribution in [1.29, 1.82) is 0 Å². The average Bonchev–Trinajstić information content (AvgIpc) is 2.41. The number of amides is 2. The van der Waals surface area contributed by atoms with Gasteiger partial charge in [-0.05, 0) is 38.0 Å². The number of hydrogen-bond acceptors (Lipinski definition) is 2. The van der Waals surface area contributed by atoms with E-state index < -0.39 is 11.4 Å². The third-order valence-electron chi connectivity index (χ3n) is 3.67. The lowest BCUT2D eigenvalue weighted by Gasteiger charge is -2.37. The van der Waals surface area contributed by atoms with E-state index in [0.29, 0.717) is 35.1 Å². The van der Waals surface area contributed by atoms with Crippen molar-refractivity contribution < 1.29 is 14.7 Å². The van der Waals surface area contributed by atoms with E-state index >= 15 is 0 Å². The molecule has 1 aliphatic rings. The molecule has 7 heteroatoms. The number of likely N-dealkylation sites (tertiary alicyclic amines) is 1. The van der Waals surface area contributed by atoms with E-state index in [1.165, 1.54) is 11.0 Å². The van der Waals surface area contributed by atoms with Gasteiger partial charge in [-0.2, -0.15) is 0 Å². The van der Waals surface area contributed by atoms with Gasteiger partial charge in [-0.1, -0.05) is 23.2 Å². The molecule has 1 aliphatic heterocycles. The number of urea groups is 1. The first-order valence-corrected chi connectivity index (χ1v) is 7.32. The van der Waals surface area contributed by atoms with Crippen LogP contribution in [0.25, 0.3) is 0 Å². The highest BCUT2D eigenvalue weighted by molar-refractivity contribution is 6.36. The summed E-state index contributed by atoms with van der Waals surface area (Å²) in [4.78, 5) is 25.0. The van der Waals surface area contributed by atoms with Crippen molar-refractivity contribution in [3.63, 3.8) is 0 Å². The van der Waals surface area contributed by atoms with Gasteiger partial charge in [0, 0.05) is 18.1 Å². The van der Waals surface area contributed by atoms with Crippen LogP contribution in [-0.2, 0) is 4.79 Å². The van der Waals surface area contributed by atoms with Crippen molar-refractivity contribution in [2.45, 2.75) is 19.8 Å². The number of anilines is 1. The Bertz CT molecular complexity index is 579. The zero-order valence-electron chi connectivity index (χ0n) is 11.5. The van der Waals surface area contributed by atoms with E-state index in [1.807, 2.05) is 0 Å². The molecule has 2 N–H and O–H groups in total. The summed E-state index contributed by atoms with van der Waals surface area (Å²) in [6.45, 7) is 2.36. The SMILES string of the molecule is CC1(C(=O)O)CCCN(C(=O)Nc2ccc(Cl)cc2Cl)C1. The summed E-state index contributed by atoms with van der Waals surface area (Å²) in [7, 11) is 0. The van der Waals surface area contributed by atoms with Gasteiger partial charge in [0.15, 0.2) is 0 Å². The van der Waals surface area contributed by atoms with Crippen molar-refractivity contribution >= 4 is 40.9 Å². The molecule has 1 aromatic carbocycles. The van der Waals surface area contributed by atoms with Crippen LogP contribution >= 0.6 is 23.2 Å². The number of piperidine rings is 1. The molecular weight excluding hydrogens is 315 g/mol. The van der Waals surface area contributed by atoms with E-state index in [2.05, 4.69) is 5.32 Å². The summed E-state index contributed by atoms with van der Waals surface area (Å²) in [6.07, 6.45) is 1.22. The number of benzene rings is 1. The van der Waals surface area contributed by atoms with Crippen LogP contribution < -0.4 is 5.32 Å². The van der Waals surface area contributed by atoms with E-state index in [9.17, 15) is 14.7 Å². The number of nitrogens with one attached hydrogen (secondary N) is 1. The normalized spacial score (nSPS) is 22.0. The molecule has 0 spiro atoms. The first kappa shape index (κ1) is 15.9. The van der Waals surface area contributed by atoms with Gasteiger partial charge >= 0.3 is 12.0 Å². The Balaban J connectivity index is 2.08. The van der Waals surface area contributed by atoms with Crippen molar-refractivity contribution in [3.8, 4) is 0 Å². The molecule has 1 aromatic rings. The van der Waals surface area contributed by atoms with Crippen LogP contribution in [0.3, 0.4) is 0 Å². The zero-order chi connectivity index (χ0) is 15.6. The monoisotopic (exact) mass is 330 g/mol. The molecule has 2 rings (SSSR count). The lowest BCUT2D eigenvalue weighted by atomic mass is 9.82. The summed E-state index contributed by atoms with van der Waals surface area (Å²) in [5.41, 5.74) is -0.451. The Morgan fingerprint density at radius 2 is 2.10 bits per heavy atom. The van der Waals surface area contributed by atoms with Crippen LogP contribution in [0, 0.1) is 5.41 Å². The largest absolute Gasteiger partial charge is 0.481 e. The second kappa shape index (κ2) is 6.12. The van der Waals surface area contributed by atoms with E-state index in [-0.39, 0.29) is 12.6 Å². The molecule has 1 atom stereocenters. The summed E-state index contributed by atoms with van der Waals surface area (Å²) in [5, 5.41) is 12.8. The minimum atomic E-state index is -0.903. The third-order valence-corrected chi connectivity index (χ3v) is 4.22. The molecule has 114 valence electrons. The predicted molar refractivity (Wildman–Crippen MR) is 82.0 cm³/mol. The summed E-state index contributed by atoms with van der Waals surface area (Å²) >= 11 is 11.8. The van der Waals surface area contributed by atoms with Crippen molar-refractivity contribution in [2.75, 3.05) is 18.4 Å². The number of carboxylic acid groups (broad SMARTS) is 1. The summed E-state index contributed by atoms with van der Waals surface area (Å²) < 4.78 is 0. The van der Waals surface area contributed by atoms with Crippen LogP contribution in [-0.4, -0.2) is 35.1 Å². The molecule has 0 bridgehead atoms. The van der Waals surface area contributed by atoms with Crippen molar-refractivity contribution in [3.05, 3.63) is 28.2 Å². The van der Waals surface area contributed by atoms with Gasteiger partial charge in [-0.15, -0.1) is 0 Å². The quantitative estimate of drug-likeness (QED) is 0.868. The highest BCUT2D eigenvalue weighted by Gasteiger charge is 2.39. The molecule has 1 fully saturated rings. The predicted octanol–water partition coefficient (Wildman–Crippen LogP) is 3.71. The zero-order valence-corrected chi connectivity index (χ0v) is 13.0. The summed E-state index contributed by atoms with van der Waals surface area (Å²) in [5.74, 6) is -0.885. The molecule has 0 aliphatic carbocycles. The minimum Gasteiger partial charge on any atom is -0.481 e. The first-order valence-electron chi connectivity index (χ1n) is 6.56. The average molecular weight is 331 g/mol. The fourth-order valence-corrected chi connectivity index (χ4v) is 2.83. The van der Waals surface area contributed by atoms with Crippen LogP contribution in [0.1, 0.15) is 19.8 Å². The van der Waals surface area contributed by atoms with Gasteiger partial charge in [0.1, 0.15) is 0 Å². The molecule has 2 amide bonds. The molecule has 0 radical (unpaired) electrons. The fraction of sp³-hybridized carbons (Fsp3) is 0.429. The fourth-order valence-electron chi connectivity index (χ4n) is 2.37. The molecule has 0 saturated carbocycles. The highest BCUT2D eigenvalue weighted by atomic mass is 35.5. The van der Waals surface area contributed by atoms with E-state index in [4.69, 9.17) is 23.2 Å². The van der Waals surface area contributed by atoms with Crippen molar-refractivity contribution in [1.82, 2.24) is 4.90 Å². The molecule has 21 heavy (non-hydrogen) atoms. The number of hydrogen-bond donors (Lipinski definition) is 2. The minimum absolute atomic E-state index is 0.180. The Hall–Kier alpha value is -1.46. The van der Waals surface area contributed by atoms with Gasteiger partial charge in [-0.25, -0.2) is 4.79 Å². The van der Waals surface area contributed by atoms with E-state index in [0.717, 1.165) is 0 Å². The number of rotatable bonds is 2. The standard InChI is InChI=1S/C14H16Cl2N2O3/c1-14(12(19)20)5-2-6-18(8-14)13(21)17-11-4-3-9(15)7-10(11)16/h3-4,7H,2,5-6,8H2,1H3,(H,17,21)(H,19,20). The molecule has 1 heterocycles. The first-order chi connectivity index (χ1) is 9.82. The van der Waals surface area contributed by atoms with Crippen LogP contribution in [0.2, 0.25) is 10.0 Å².